The van der Waals surface area contributed by atoms with Gasteiger partial charge in [-0.25, -0.2) is 4.98 Å². The molecule has 0 aliphatic heterocycles. The van der Waals surface area contributed by atoms with E-state index in [4.69, 9.17) is 0 Å². The molecule has 3 aromatic rings. The Morgan fingerprint density at radius 2 is 2.00 bits per heavy atom. The van der Waals surface area contributed by atoms with Gasteiger partial charge in [0.05, 0.1) is 20.8 Å². The number of benzene rings is 2. The van der Waals surface area contributed by atoms with Gasteiger partial charge in [-0.1, -0.05) is 30.4 Å². The SMILES string of the molecule is CCCC(N=Nc1nc2ccccc2s1)=NNc1ccc([N+](=O)[O-])cc1. The first kappa shape index (κ1) is 17.6. The van der Waals surface area contributed by atoms with E-state index in [1.807, 2.05) is 31.2 Å². The fourth-order valence-corrected chi connectivity index (χ4v) is 2.93. The van der Waals surface area contributed by atoms with Gasteiger partial charge in [-0.3, -0.25) is 15.5 Å². The first-order valence-electron chi connectivity index (χ1n) is 8.00. The maximum Gasteiger partial charge on any atom is 0.269 e. The molecule has 0 spiro atoms. The second-order valence-electron chi connectivity index (χ2n) is 5.36. The third-order valence-corrected chi connectivity index (χ3v) is 4.32. The van der Waals surface area contributed by atoms with Crippen molar-refractivity contribution in [1.29, 1.82) is 0 Å². The van der Waals surface area contributed by atoms with Gasteiger partial charge in [0.15, 0.2) is 5.84 Å². The van der Waals surface area contributed by atoms with E-state index < -0.39 is 4.92 Å². The number of anilines is 1. The van der Waals surface area contributed by atoms with E-state index in [0.29, 0.717) is 23.1 Å². The average molecular weight is 368 g/mol. The molecule has 0 unspecified atom stereocenters. The molecular weight excluding hydrogens is 352 g/mol. The minimum Gasteiger partial charge on any atom is -0.277 e. The smallest absolute Gasteiger partial charge is 0.269 e. The average Bonchev–Trinajstić information content (AvgIpc) is 3.07. The third kappa shape index (κ3) is 4.45. The normalized spacial score (nSPS) is 12.0. The molecule has 0 aliphatic carbocycles. The number of rotatable bonds is 6. The zero-order valence-corrected chi connectivity index (χ0v) is 14.8. The van der Waals surface area contributed by atoms with Gasteiger partial charge in [0, 0.05) is 18.6 Å². The summed E-state index contributed by atoms with van der Waals surface area (Å²) >= 11 is 1.47. The summed E-state index contributed by atoms with van der Waals surface area (Å²) in [6.07, 6.45) is 1.51. The molecule has 0 aliphatic rings. The maximum atomic E-state index is 10.7. The summed E-state index contributed by atoms with van der Waals surface area (Å²) in [4.78, 5) is 14.6. The Morgan fingerprint density at radius 1 is 1.23 bits per heavy atom. The highest BCUT2D eigenvalue weighted by Crippen LogP contribution is 2.27. The van der Waals surface area contributed by atoms with Crippen LogP contribution < -0.4 is 5.43 Å². The van der Waals surface area contributed by atoms with E-state index in [9.17, 15) is 10.1 Å². The maximum absolute atomic E-state index is 10.7. The van der Waals surface area contributed by atoms with Crippen LogP contribution in [0, 0.1) is 10.1 Å². The van der Waals surface area contributed by atoms with E-state index in [2.05, 4.69) is 25.7 Å². The van der Waals surface area contributed by atoms with Crippen LogP contribution in [0.15, 0.2) is 63.9 Å². The Hall–Kier alpha value is -3.20. The summed E-state index contributed by atoms with van der Waals surface area (Å²) in [6.45, 7) is 2.02. The molecule has 0 saturated carbocycles. The molecule has 1 heterocycles. The summed E-state index contributed by atoms with van der Waals surface area (Å²) in [5.74, 6) is 0.533. The molecule has 0 radical (unpaired) electrons. The molecule has 0 fully saturated rings. The highest BCUT2D eigenvalue weighted by atomic mass is 32.1. The molecule has 0 saturated heterocycles. The number of aromatic nitrogens is 1. The van der Waals surface area contributed by atoms with Gasteiger partial charge in [0.1, 0.15) is 0 Å². The van der Waals surface area contributed by atoms with Gasteiger partial charge in [0.2, 0.25) is 5.13 Å². The lowest BCUT2D eigenvalue weighted by molar-refractivity contribution is -0.384. The van der Waals surface area contributed by atoms with E-state index in [-0.39, 0.29) is 5.69 Å². The monoisotopic (exact) mass is 368 g/mol. The van der Waals surface area contributed by atoms with Crippen LogP contribution >= 0.6 is 11.3 Å². The fraction of sp³-hybridized carbons (Fsp3) is 0.176. The number of hydrogen-bond donors (Lipinski definition) is 1. The van der Waals surface area contributed by atoms with Crippen molar-refractivity contribution in [3.05, 3.63) is 58.6 Å². The van der Waals surface area contributed by atoms with Crippen LogP contribution in [0.1, 0.15) is 19.8 Å². The minimum absolute atomic E-state index is 0.0313. The predicted octanol–water partition coefficient (Wildman–Crippen LogP) is 5.51. The lowest BCUT2D eigenvalue weighted by atomic mass is 10.3. The van der Waals surface area contributed by atoms with Crippen LogP contribution in [-0.4, -0.2) is 15.7 Å². The molecule has 1 N–H and O–H groups in total. The number of para-hydroxylation sites is 1. The van der Waals surface area contributed by atoms with Crippen molar-refractivity contribution in [2.75, 3.05) is 5.43 Å². The Balaban J connectivity index is 1.72. The van der Waals surface area contributed by atoms with Gasteiger partial charge in [-0.05, 0) is 30.7 Å². The standard InChI is InChI=1S/C17H16N6O2S/c1-2-5-16(20-19-12-8-10-13(11-9-12)23(24)25)21-22-17-18-14-6-3-4-7-15(14)26-17/h3-4,6-11,19H,2,5H2,1H3. The van der Waals surface area contributed by atoms with Gasteiger partial charge < -0.3 is 0 Å². The van der Waals surface area contributed by atoms with E-state index >= 15 is 0 Å². The van der Waals surface area contributed by atoms with E-state index in [1.165, 1.54) is 23.5 Å². The molecular formula is C17H16N6O2S. The van der Waals surface area contributed by atoms with Gasteiger partial charge in [0.25, 0.3) is 5.69 Å². The number of fused-ring (bicyclic) bond motifs is 1. The number of amidine groups is 1. The van der Waals surface area contributed by atoms with Gasteiger partial charge in [-0.2, -0.15) is 5.10 Å². The third-order valence-electron chi connectivity index (χ3n) is 3.40. The first-order chi connectivity index (χ1) is 12.7. The largest absolute Gasteiger partial charge is 0.277 e. The molecule has 3 rings (SSSR count). The van der Waals surface area contributed by atoms with Crippen LogP contribution in [0.4, 0.5) is 16.5 Å². The summed E-state index contributed by atoms with van der Waals surface area (Å²) < 4.78 is 1.06. The molecule has 0 bridgehead atoms. The van der Waals surface area contributed by atoms with Crippen molar-refractivity contribution in [2.45, 2.75) is 19.8 Å². The predicted molar refractivity (Wildman–Crippen MR) is 103 cm³/mol. The van der Waals surface area contributed by atoms with Crippen molar-refractivity contribution in [3.63, 3.8) is 0 Å². The number of nitrogens with one attached hydrogen (secondary N) is 1. The number of nitro benzene ring substituents is 1. The molecule has 26 heavy (non-hydrogen) atoms. The molecule has 9 heteroatoms. The number of thiazole rings is 1. The van der Waals surface area contributed by atoms with Crippen molar-refractivity contribution in [2.24, 2.45) is 15.3 Å². The quantitative estimate of drug-likeness (QED) is 0.203. The summed E-state index contributed by atoms with van der Waals surface area (Å²) in [6, 6.07) is 13.8. The molecule has 1 aromatic heterocycles. The Bertz CT molecular complexity index is 932. The topological polar surface area (TPSA) is 105 Å². The van der Waals surface area contributed by atoms with Crippen LogP contribution in [-0.2, 0) is 0 Å². The van der Waals surface area contributed by atoms with Crippen molar-refractivity contribution in [3.8, 4) is 0 Å². The molecule has 0 amide bonds. The van der Waals surface area contributed by atoms with Crippen LogP contribution in [0.3, 0.4) is 0 Å². The number of hydrazone groups is 1. The Morgan fingerprint density at radius 3 is 2.69 bits per heavy atom. The van der Waals surface area contributed by atoms with Crippen LogP contribution in [0.5, 0.6) is 0 Å². The van der Waals surface area contributed by atoms with Crippen molar-refractivity contribution >= 4 is 43.9 Å². The minimum atomic E-state index is -0.443. The van der Waals surface area contributed by atoms with Crippen molar-refractivity contribution in [1.82, 2.24) is 4.98 Å². The second-order valence-corrected chi connectivity index (χ2v) is 6.37. The van der Waals surface area contributed by atoms with Gasteiger partial charge >= 0.3 is 0 Å². The van der Waals surface area contributed by atoms with Gasteiger partial charge in [-0.15, -0.1) is 10.2 Å². The van der Waals surface area contributed by atoms with E-state index in [0.717, 1.165) is 16.6 Å². The van der Waals surface area contributed by atoms with Crippen LogP contribution in [0.25, 0.3) is 10.2 Å². The Labute approximate surface area is 153 Å². The lowest BCUT2D eigenvalue weighted by Gasteiger charge is -2.01. The summed E-state index contributed by atoms with van der Waals surface area (Å²) in [5, 5.41) is 23.9. The van der Waals surface area contributed by atoms with Crippen LogP contribution in [0.2, 0.25) is 0 Å². The summed E-state index contributed by atoms with van der Waals surface area (Å²) in [5.41, 5.74) is 4.42. The lowest BCUT2D eigenvalue weighted by Crippen LogP contribution is -1.98. The number of non-ortho nitro benzene ring substituents is 1. The highest BCUT2D eigenvalue weighted by molar-refractivity contribution is 7.21. The zero-order chi connectivity index (χ0) is 18.4. The number of hydrogen-bond acceptors (Lipinski definition) is 7. The second kappa shape index (κ2) is 8.26. The zero-order valence-electron chi connectivity index (χ0n) is 14.0. The number of azo groups is 1. The van der Waals surface area contributed by atoms with Crippen molar-refractivity contribution < 1.29 is 4.92 Å². The fourth-order valence-electron chi connectivity index (χ4n) is 2.14. The molecule has 8 nitrogen and oxygen atoms in total. The summed E-state index contributed by atoms with van der Waals surface area (Å²) in [7, 11) is 0. The Kier molecular flexibility index (Phi) is 5.59. The number of nitrogens with zero attached hydrogens (tertiary/aromatic N) is 5. The molecule has 132 valence electrons. The highest BCUT2D eigenvalue weighted by Gasteiger charge is 2.05. The molecule has 0 atom stereocenters. The van der Waals surface area contributed by atoms with E-state index in [1.54, 1.807) is 12.1 Å². The first-order valence-corrected chi connectivity index (χ1v) is 8.81. The molecule has 2 aromatic carbocycles. The number of nitro groups is 1.